The van der Waals surface area contributed by atoms with Crippen LogP contribution in [0.3, 0.4) is 0 Å². The lowest BCUT2D eigenvalue weighted by Crippen LogP contribution is -1.81. The molecular weight excluding hydrogens is 162 g/mol. The van der Waals surface area contributed by atoms with Crippen LogP contribution in [-0.4, -0.2) is 12.8 Å². The van der Waals surface area contributed by atoms with Crippen LogP contribution in [0.5, 0.6) is 0 Å². The van der Waals surface area contributed by atoms with Crippen molar-refractivity contribution >= 4 is 18.6 Å². The van der Waals surface area contributed by atoms with Crippen molar-refractivity contribution in [3.05, 3.63) is 35.8 Å². The van der Waals surface area contributed by atoms with Gasteiger partial charge in [0.15, 0.2) is 0 Å². The Bertz CT molecular complexity index is 263. The van der Waals surface area contributed by atoms with Crippen LogP contribution in [0.1, 0.15) is 0 Å². The molecule has 2 nitrogen and oxygen atoms in total. The largest absolute Gasteiger partial charge is 0.487 e. The molecule has 0 aliphatic carbocycles. The van der Waals surface area contributed by atoms with Gasteiger partial charge in [0.2, 0.25) is 0 Å². The molecule has 11 heavy (non-hydrogen) atoms. The highest BCUT2D eigenvalue weighted by Gasteiger charge is 2.09. The maximum absolute atomic E-state index is 5.24. The lowest BCUT2D eigenvalue weighted by atomic mass is 10.2. The number of nitrogens with zero attached hydrogens (tertiary/aromatic N) is 1. The third-order valence-corrected chi connectivity index (χ3v) is 1.47. The second-order valence-corrected chi connectivity index (χ2v) is 2.12. The van der Waals surface area contributed by atoms with Crippen LogP contribution >= 0.6 is 12.4 Å². The molecule has 3 heteroatoms. The third kappa shape index (κ3) is 1.52. The highest BCUT2D eigenvalue weighted by Crippen LogP contribution is 2.20. The fraction of sp³-hybridized carbons (Fsp3) is 0.125. The molecule has 0 radical (unpaired) electrons. The summed E-state index contributed by atoms with van der Waals surface area (Å²) in [5.74, 6) is 0.880. The second kappa shape index (κ2) is 3.39. The standard InChI is InChI=1S/C8H7NO.ClH/c1-2-7-3-5-10-8(7)6-9-4-1;/h1-4,6H,5H2;1H. The van der Waals surface area contributed by atoms with Gasteiger partial charge in [-0.15, -0.1) is 12.4 Å². The SMILES string of the molecule is C1=CC2=CCOC2=CN=C1.Cl. The van der Waals surface area contributed by atoms with E-state index in [2.05, 4.69) is 4.99 Å². The van der Waals surface area contributed by atoms with Crippen molar-refractivity contribution < 1.29 is 4.74 Å². The molecule has 58 valence electrons. The zero-order valence-corrected chi connectivity index (χ0v) is 6.67. The second-order valence-electron chi connectivity index (χ2n) is 2.12. The number of hydrogen-bond acceptors (Lipinski definition) is 2. The number of ether oxygens (including phenoxy) is 1. The molecule has 0 saturated carbocycles. The van der Waals surface area contributed by atoms with Crippen LogP contribution < -0.4 is 0 Å². The minimum atomic E-state index is 0. The van der Waals surface area contributed by atoms with Gasteiger partial charge in [-0.3, -0.25) is 4.99 Å². The molecule has 2 heterocycles. The molecule has 0 aromatic rings. The molecule has 0 bridgehead atoms. The van der Waals surface area contributed by atoms with Crippen LogP contribution in [0.25, 0.3) is 0 Å². The summed E-state index contributed by atoms with van der Waals surface area (Å²) in [7, 11) is 0. The summed E-state index contributed by atoms with van der Waals surface area (Å²) in [4.78, 5) is 3.97. The number of aliphatic imine (C=N–C) groups is 1. The number of rotatable bonds is 0. The van der Waals surface area contributed by atoms with Crippen molar-refractivity contribution in [2.75, 3.05) is 6.61 Å². The zero-order valence-electron chi connectivity index (χ0n) is 5.86. The molecule has 2 rings (SSSR count). The Morgan fingerprint density at radius 3 is 3.27 bits per heavy atom. The molecule has 2 aliphatic heterocycles. The Labute approximate surface area is 71.4 Å². The molecule has 2 aliphatic rings. The van der Waals surface area contributed by atoms with E-state index in [4.69, 9.17) is 4.74 Å². The number of allylic oxidation sites excluding steroid dienone is 2. The zero-order chi connectivity index (χ0) is 6.81. The molecule has 0 unspecified atom stereocenters. The van der Waals surface area contributed by atoms with Crippen molar-refractivity contribution in [3.63, 3.8) is 0 Å². The van der Waals surface area contributed by atoms with Gasteiger partial charge in [-0.1, -0.05) is 0 Å². The van der Waals surface area contributed by atoms with E-state index in [1.54, 1.807) is 12.4 Å². The average molecular weight is 170 g/mol. The van der Waals surface area contributed by atoms with Gasteiger partial charge < -0.3 is 4.74 Å². The topological polar surface area (TPSA) is 21.6 Å². The predicted molar refractivity (Wildman–Crippen MR) is 47.0 cm³/mol. The van der Waals surface area contributed by atoms with Gasteiger partial charge in [-0.25, -0.2) is 0 Å². The summed E-state index contributed by atoms with van der Waals surface area (Å²) in [6, 6.07) is 0. The quantitative estimate of drug-likeness (QED) is 0.542. The molecular formula is C8H8ClNO. The minimum absolute atomic E-state index is 0. The maximum Gasteiger partial charge on any atom is 0.145 e. The Hall–Kier alpha value is -1.02. The molecule has 0 amide bonds. The highest BCUT2D eigenvalue weighted by atomic mass is 35.5. The van der Waals surface area contributed by atoms with E-state index < -0.39 is 0 Å². The van der Waals surface area contributed by atoms with Gasteiger partial charge in [0.25, 0.3) is 0 Å². The Morgan fingerprint density at radius 1 is 1.45 bits per heavy atom. The molecule has 0 atom stereocenters. The molecule has 0 aromatic heterocycles. The van der Waals surface area contributed by atoms with Gasteiger partial charge in [-0.2, -0.15) is 0 Å². The third-order valence-electron chi connectivity index (χ3n) is 1.47. The lowest BCUT2D eigenvalue weighted by molar-refractivity contribution is 0.276. The van der Waals surface area contributed by atoms with Crippen LogP contribution in [0.2, 0.25) is 0 Å². The lowest BCUT2D eigenvalue weighted by Gasteiger charge is -1.95. The average Bonchev–Trinajstić information content (AvgIpc) is 2.28. The van der Waals surface area contributed by atoms with E-state index in [-0.39, 0.29) is 12.4 Å². The van der Waals surface area contributed by atoms with Crippen LogP contribution in [0, 0.1) is 0 Å². The van der Waals surface area contributed by atoms with Gasteiger partial charge >= 0.3 is 0 Å². The van der Waals surface area contributed by atoms with E-state index in [1.165, 1.54) is 0 Å². The van der Waals surface area contributed by atoms with Crippen LogP contribution in [0.15, 0.2) is 40.8 Å². The molecule has 0 aromatic carbocycles. The van der Waals surface area contributed by atoms with Crippen LogP contribution in [0.4, 0.5) is 0 Å². The van der Waals surface area contributed by atoms with Crippen molar-refractivity contribution in [2.45, 2.75) is 0 Å². The van der Waals surface area contributed by atoms with Crippen molar-refractivity contribution in [1.82, 2.24) is 0 Å². The first-order chi connectivity index (χ1) is 4.97. The van der Waals surface area contributed by atoms with E-state index in [0.29, 0.717) is 6.61 Å². The first-order valence-corrected chi connectivity index (χ1v) is 3.20. The van der Waals surface area contributed by atoms with E-state index in [0.717, 1.165) is 11.3 Å². The molecule has 0 spiro atoms. The molecule has 0 fully saturated rings. The van der Waals surface area contributed by atoms with Gasteiger partial charge in [-0.05, 0) is 18.2 Å². The van der Waals surface area contributed by atoms with Gasteiger partial charge in [0.1, 0.15) is 12.4 Å². The predicted octanol–water partition coefficient (Wildman–Crippen LogP) is 1.85. The monoisotopic (exact) mass is 169 g/mol. The summed E-state index contributed by atoms with van der Waals surface area (Å²) in [5.41, 5.74) is 1.14. The van der Waals surface area contributed by atoms with Gasteiger partial charge in [0.05, 0.1) is 6.20 Å². The number of halogens is 1. The number of fused-ring (bicyclic) bond motifs is 1. The first-order valence-electron chi connectivity index (χ1n) is 3.20. The van der Waals surface area contributed by atoms with Crippen molar-refractivity contribution in [2.24, 2.45) is 4.99 Å². The summed E-state index contributed by atoms with van der Waals surface area (Å²) in [5, 5.41) is 0. The summed E-state index contributed by atoms with van der Waals surface area (Å²) in [6.45, 7) is 0.682. The smallest absolute Gasteiger partial charge is 0.145 e. The van der Waals surface area contributed by atoms with Crippen molar-refractivity contribution in [3.8, 4) is 0 Å². The fourth-order valence-corrected chi connectivity index (χ4v) is 0.974. The molecule has 0 saturated heterocycles. The summed E-state index contributed by atoms with van der Waals surface area (Å²) < 4.78 is 5.24. The normalized spacial score (nSPS) is 18.9. The van der Waals surface area contributed by atoms with E-state index >= 15 is 0 Å². The summed E-state index contributed by atoms with van der Waals surface area (Å²) in [6.07, 6.45) is 9.42. The Morgan fingerprint density at radius 2 is 2.36 bits per heavy atom. The maximum atomic E-state index is 5.24. The fourth-order valence-electron chi connectivity index (χ4n) is 0.974. The highest BCUT2D eigenvalue weighted by molar-refractivity contribution is 5.85. The van der Waals surface area contributed by atoms with E-state index in [9.17, 15) is 0 Å². The van der Waals surface area contributed by atoms with Crippen molar-refractivity contribution in [1.29, 1.82) is 0 Å². The number of hydrogen-bond donors (Lipinski definition) is 0. The van der Waals surface area contributed by atoms with Crippen LogP contribution in [-0.2, 0) is 4.74 Å². The Kier molecular flexibility index (Phi) is 2.49. The van der Waals surface area contributed by atoms with E-state index in [1.807, 2.05) is 18.2 Å². The Balaban J connectivity index is 0.000000605. The summed E-state index contributed by atoms with van der Waals surface area (Å²) >= 11 is 0. The molecule has 0 N–H and O–H groups in total. The first kappa shape index (κ1) is 8.08. The minimum Gasteiger partial charge on any atom is -0.487 e. The van der Waals surface area contributed by atoms with Gasteiger partial charge in [0, 0.05) is 11.8 Å².